The Labute approximate surface area is 233 Å². The molecule has 0 aromatic heterocycles. The first-order valence-electron chi connectivity index (χ1n) is 13.2. The van der Waals surface area contributed by atoms with Crippen LogP contribution in [0.5, 0.6) is 0 Å². The Morgan fingerprint density at radius 1 is 0.568 bits per heavy atom. The molecule has 4 rings (SSSR count). The molecule has 0 N–H and O–H groups in total. The first-order chi connectivity index (χ1) is 17.1. The second-order valence-electron chi connectivity index (χ2n) is 11.3. The molecule has 210 valence electrons. The van der Waals surface area contributed by atoms with Crippen LogP contribution in [0.25, 0.3) is 0 Å². The molecular formula is C28H40O8Pd. The van der Waals surface area contributed by atoms with Gasteiger partial charge in [0, 0.05) is 0 Å². The molecule has 0 spiro atoms. The van der Waals surface area contributed by atoms with E-state index in [-0.39, 0.29) is 44.1 Å². The van der Waals surface area contributed by atoms with Crippen LogP contribution in [0.15, 0.2) is 0 Å². The summed E-state index contributed by atoms with van der Waals surface area (Å²) in [6.07, 6.45) is 9.23. The van der Waals surface area contributed by atoms with Crippen molar-refractivity contribution < 1.29 is 58.5 Å². The van der Waals surface area contributed by atoms with Crippen molar-refractivity contribution >= 4 is 23.9 Å². The SMILES string of the molecule is COC(=O)[C-]1[C@](C(=O)OC)([C@@]2(C(=O)OC)[C-](C(=O)OC)[C@]2(C)C2CCCCC2)[C@]1(C)C1CCCCC1.[Pd+2]. The van der Waals surface area contributed by atoms with E-state index in [4.69, 9.17) is 18.9 Å². The minimum atomic E-state index is -1.70. The third kappa shape index (κ3) is 3.48. The molecule has 0 saturated heterocycles. The number of carbonyl (C=O) groups excluding carboxylic acids is 4. The fraction of sp³-hybridized carbons (Fsp3) is 0.786. The predicted molar refractivity (Wildman–Crippen MR) is 129 cm³/mol. The van der Waals surface area contributed by atoms with Gasteiger partial charge in [0.2, 0.25) is 0 Å². The van der Waals surface area contributed by atoms with Gasteiger partial charge in [-0.25, -0.2) is 0 Å². The fourth-order valence-corrected chi connectivity index (χ4v) is 8.81. The molecule has 0 heterocycles. The Hall–Kier alpha value is -1.72. The van der Waals surface area contributed by atoms with Crippen LogP contribution in [-0.4, -0.2) is 52.3 Å². The summed E-state index contributed by atoms with van der Waals surface area (Å²) in [6, 6.07) is 0. The van der Waals surface area contributed by atoms with E-state index < -0.39 is 45.5 Å². The zero-order valence-corrected chi connectivity index (χ0v) is 24.4. The van der Waals surface area contributed by atoms with Crippen molar-refractivity contribution in [3.8, 4) is 0 Å². The predicted octanol–water partition coefficient (Wildman–Crippen LogP) is 4.00. The Morgan fingerprint density at radius 2 is 0.865 bits per heavy atom. The van der Waals surface area contributed by atoms with Crippen molar-refractivity contribution in [2.45, 2.75) is 78.1 Å². The van der Waals surface area contributed by atoms with Gasteiger partial charge in [-0.3, -0.25) is 31.0 Å². The summed E-state index contributed by atoms with van der Waals surface area (Å²) in [5, 5.41) is 0. The van der Waals surface area contributed by atoms with Gasteiger partial charge in [0.05, 0.1) is 28.4 Å². The Morgan fingerprint density at radius 3 is 1.11 bits per heavy atom. The molecule has 9 heteroatoms. The van der Waals surface area contributed by atoms with Gasteiger partial charge in [0.15, 0.2) is 11.9 Å². The van der Waals surface area contributed by atoms with E-state index in [2.05, 4.69) is 0 Å². The van der Waals surface area contributed by atoms with E-state index in [1.54, 1.807) is 0 Å². The molecule has 4 aliphatic carbocycles. The van der Waals surface area contributed by atoms with E-state index in [1.807, 2.05) is 13.8 Å². The summed E-state index contributed by atoms with van der Waals surface area (Å²) in [5.41, 5.74) is -5.44. The summed E-state index contributed by atoms with van der Waals surface area (Å²) in [5.74, 6) is -2.31. The smallest absolute Gasteiger partial charge is 0.491 e. The van der Waals surface area contributed by atoms with Gasteiger partial charge >= 0.3 is 20.4 Å². The van der Waals surface area contributed by atoms with E-state index in [0.29, 0.717) is 0 Å². The minimum absolute atomic E-state index is 0. The second-order valence-corrected chi connectivity index (χ2v) is 11.3. The third-order valence-corrected chi connectivity index (χ3v) is 10.4. The Bertz CT molecular complexity index is 851. The fourth-order valence-electron chi connectivity index (χ4n) is 8.81. The van der Waals surface area contributed by atoms with Crippen molar-refractivity contribution in [2.75, 3.05) is 28.4 Å². The van der Waals surface area contributed by atoms with Crippen LogP contribution in [0.2, 0.25) is 0 Å². The van der Waals surface area contributed by atoms with Crippen LogP contribution >= 0.6 is 0 Å². The molecule has 0 aromatic carbocycles. The molecular weight excluding hydrogens is 571 g/mol. The number of rotatable bonds is 7. The summed E-state index contributed by atoms with van der Waals surface area (Å²) >= 11 is 0. The molecule has 37 heavy (non-hydrogen) atoms. The van der Waals surface area contributed by atoms with Crippen molar-refractivity contribution in [1.29, 1.82) is 0 Å². The van der Waals surface area contributed by atoms with Gasteiger partial charge in [-0.05, 0) is 0 Å². The number of carbonyl (C=O) groups is 4. The van der Waals surface area contributed by atoms with Crippen LogP contribution in [0.3, 0.4) is 0 Å². The maximum absolute atomic E-state index is 14.1. The molecule has 0 bridgehead atoms. The number of methoxy groups -OCH3 is 4. The average Bonchev–Trinajstić information content (AvgIpc) is 3.73. The van der Waals surface area contributed by atoms with E-state index >= 15 is 0 Å². The van der Waals surface area contributed by atoms with Crippen molar-refractivity contribution in [3.63, 3.8) is 0 Å². The standard InChI is InChI=1S/C28H40O8.Pd/c1-25(17-13-9-7-10-14-17)19(21(29)33-3)27(25,23(31)35-5)28(24(32)36-6)20(22(30)34-4)26(28,2)18-15-11-8-12-16-18;/h17-18H,7-16H2,1-6H3;/q-2;+2/t25-,26+,27-,28-;/m1./s1. The number of ether oxygens (including phenoxy) is 4. The molecule has 0 aliphatic heterocycles. The Kier molecular flexibility index (Phi) is 8.43. The van der Waals surface area contributed by atoms with Gasteiger partial charge in [-0.2, -0.15) is 0 Å². The van der Waals surface area contributed by atoms with Gasteiger partial charge in [-0.15, -0.1) is 10.8 Å². The number of hydrogen-bond acceptors (Lipinski definition) is 8. The van der Waals surface area contributed by atoms with E-state index in [0.717, 1.165) is 64.2 Å². The van der Waals surface area contributed by atoms with Crippen molar-refractivity contribution in [2.24, 2.45) is 33.5 Å². The monoisotopic (exact) mass is 610 g/mol. The maximum Gasteiger partial charge on any atom is 2.00 e. The molecule has 0 amide bonds. The topological polar surface area (TPSA) is 105 Å². The second kappa shape index (κ2) is 10.5. The van der Waals surface area contributed by atoms with Crippen LogP contribution in [-0.2, 0) is 58.5 Å². The van der Waals surface area contributed by atoms with Crippen molar-refractivity contribution in [3.05, 3.63) is 11.8 Å². The molecule has 4 atom stereocenters. The average molecular weight is 611 g/mol. The molecule has 4 saturated carbocycles. The minimum Gasteiger partial charge on any atom is -0.491 e. The van der Waals surface area contributed by atoms with E-state index in [1.165, 1.54) is 28.4 Å². The zero-order valence-electron chi connectivity index (χ0n) is 22.8. The molecule has 8 nitrogen and oxygen atoms in total. The summed E-state index contributed by atoms with van der Waals surface area (Å²) < 4.78 is 21.3. The summed E-state index contributed by atoms with van der Waals surface area (Å²) in [6.45, 7) is 3.76. The van der Waals surface area contributed by atoms with Gasteiger partial charge in [0.25, 0.3) is 11.9 Å². The molecule has 4 aliphatic rings. The summed E-state index contributed by atoms with van der Waals surface area (Å²) in [4.78, 5) is 55.1. The first-order valence-corrected chi connectivity index (χ1v) is 13.2. The zero-order chi connectivity index (χ0) is 26.5. The quantitative estimate of drug-likeness (QED) is 0.184. The first kappa shape index (κ1) is 29.8. The molecule has 0 aromatic rings. The van der Waals surface area contributed by atoms with Gasteiger partial charge in [0.1, 0.15) is 0 Å². The maximum atomic E-state index is 14.1. The number of esters is 4. The van der Waals surface area contributed by atoms with Crippen LogP contribution < -0.4 is 0 Å². The summed E-state index contributed by atoms with van der Waals surface area (Å²) in [7, 11) is 5.09. The van der Waals surface area contributed by atoms with Gasteiger partial charge < -0.3 is 18.9 Å². The van der Waals surface area contributed by atoms with Crippen molar-refractivity contribution in [1.82, 2.24) is 0 Å². The molecule has 4 fully saturated rings. The van der Waals surface area contributed by atoms with Crippen LogP contribution in [0.4, 0.5) is 0 Å². The van der Waals surface area contributed by atoms with E-state index in [9.17, 15) is 19.2 Å². The molecule has 0 unspecified atom stereocenters. The van der Waals surface area contributed by atoms with Crippen LogP contribution in [0.1, 0.15) is 78.1 Å². The normalized spacial score (nSPS) is 35.6. The van der Waals surface area contributed by atoms with Crippen LogP contribution in [0, 0.1) is 45.3 Å². The largest absolute Gasteiger partial charge is 2.00 e. The Balaban J connectivity index is 0.00000380. The molecule has 0 radical (unpaired) electrons. The van der Waals surface area contributed by atoms with Gasteiger partial charge in [-0.1, -0.05) is 101 Å². The number of hydrogen-bond donors (Lipinski definition) is 0. The third-order valence-electron chi connectivity index (χ3n) is 10.4.